The summed E-state index contributed by atoms with van der Waals surface area (Å²) in [5.41, 5.74) is 2.33. The molecule has 24 heavy (non-hydrogen) atoms. The van der Waals surface area contributed by atoms with Gasteiger partial charge in [0.2, 0.25) is 0 Å². The average Bonchev–Trinajstić information content (AvgIpc) is 3.14. The van der Waals surface area contributed by atoms with Gasteiger partial charge in [-0.3, -0.25) is 4.79 Å². The summed E-state index contributed by atoms with van der Waals surface area (Å²) in [4.78, 5) is 13.6. The van der Waals surface area contributed by atoms with Crippen LogP contribution in [0, 0.1) is 5.21 Å². The number of carbonyl (C=O) groups is 1. The second kappa shape index (κ2) is 7.27. The molecule has 0 spiro atoms. The van der Waals surface area contributed by atoms with Crippen LogP contribution >= 0.6 is 11.3 Å². The Morgan fingerprint density at radius 1 is 1.17 bits per heavy atom. The van der Waals surface area contributed by atoms with Gasteiger partial charge < -0.3 is 10.5 Å². The van der Waals surface area contributed by atoms with Gasteiger partial charge in [0.05, 0.1) is 6.04 Å². The van der Waals surface area contributed by atoms with E-state index in [1.165, 1.54) is 17.8 Å². The number of carbonyl (C=O) groups excluding carboxylic acids is 1. The molecule has 122 valence electrons. The molecular weight excluding hydrogens is 320 g/mol. The summed E-state index contributed by atoms with van der Waals surface area (Å²) in [7, 11) is 0. The monoisotopic (exact) mass is 338 g/mol. The third kappa shape index (κ3) is 3.46. The molecule has 5 heteroatoms. The Balaban J connectivity index is 1.91. The molecule has 0 fully saturated rings. The lowest BCUT2D eigenvalue weighted by Gasteiger charge is -2.18. The fourth-order valence-corrected chi connectivity index (χ4v) is 3.33. The topological polar surface area (TPSA) is 56.0 Å². The minimum Gasteiger partial charge on any atom is -0.618 e. The fraction of sp³-hybridized carbons (Fsp3) is 0.158. The van der Waals surface area contributed by atoms with Gasteiger partial charge >= 0.3 is 5.91 Å². The molecule has 3 aromatic rings. The zero-order chi connectivity index (χ0) is 16.9. The first-order valence-corrected chi connectivity index (χ1v) is 8.68. The van der Waals surface area contributed by atoms with Crippen LogP contribution < -0.4 is 10.0 Å². The molecule has 0 saturated carbocycles. The summed E-state index contributed by atoms with van der Waals surface area (Å²) in [6.07, 6.45) is 2.29. The van der Waals surface area contributed by atoms with E-state index in [1.807, 2.05) is 29.6 Å². The Kier molecular flexibility index (Phi) is 4.91. The minimum atomic E-state index is -0.386. The van der Waals surface area contributed by atoms with Crippen LogP contribution in [-0.4, -0.2) is 5.91 Å². The molecule has 3 rings (SSSR count). The normalized spacial score (nSPS) is 11.9. The van der Waals surface area contributed by atoms with E-state index in [1.54, 1.807) is 23.5 Å². The van der Waals surface area contributed by atoms with Crippen molar-refractivity contribution in [2.45, 2.75) is 19.4 Å². The molecule has 1 N–H and O–H groups in total. The minimum absolute atomic E-state index is 0.0873. The number of aryl methyl sites for hydroxylation is 1. The van der Waals surface area contributed by atoms with E-state index in [0.717, 1.165) is 16.9 Å². The van der Waals surface area contributed by atoms with Crippen LogP contribution in [-0.2, 0) is 6.42 Å². The summed E-state index contributed by atoms with van der Waals surface area (Å²) < 4.78 is 0.584. The number of pyridine rings is 1. The number of hydrogen-bond acceptors (Lipinski definition) is 3. The van der Waals surface area contributed by atoms with Gasteiger partial charge in [-0.25, -0.2) is 0 Å². The van der Waals surface area contributed by atoms with E-state index in [-0.39, 0.29) is 17.6 Å². The third-order valence-electron chi connectivity index (χ3n) is 3.88. The number of nitrogens with one attached hydrogen (secondary N) is 1. The zero-order valence-corrected chi connectivity index (χ0v) is 14.1. The summed E-state index contributed by atoms with van der Waals surface area (Å²) in [6.45, 7) is 2.11. The number of aromatic nitrogens is 1. The molecule has 0 saturated heterocycles. The quantitative estimate of drug-likeness (QED) is 0.572. The first-order valence-electron chi connectivity index (χ1n) is 7.80. The third-order valence-corrected chi connectivity index (χ3v) is 4.82. The van der Waals surface area contributed by atoms with Crippen LogP contribution in [0.1, 0.15) is 39.5 Å². The Morgan fingerprint density at radius 3 is 2.58 bits per heavy atom. The number of hydrogen-bond donors (Lipinski definition) is 1. The van der Waals surface area contributed by atoms with E-state index in [4.69, 9.17) is 0 Å². The van der Waals surface area contributed by atoms with Crippen molar-refractivity contribution in [2.75, 3.05) is 0 Å². The summed E-state index contributed by atoms with van der Waals surface area (Å²) >= 11 is 1.58. The van der Waals surface area contributed by atoms with Crippen molar-refractivity contribution in [3.05, 3.63) is 93.1 Å². The van der Waals surface area contributed by atoms with Crippen molar-refractivity contribution < 1.29 is 9.52 Å². The highest BCUT2D eigenvalue weighted by Crippen LogP contribution is 2.26. The first kappa shape index (κ1) is 16.2. The lowest BCUT2D eigenvalue weighted by molar-refractivity contribution is -0.607. The highest BCUT2D eigenvalue weighted by molar-refractivity contribution is 7.10. The van der Waals surface area contributed by atoms with Crippen molar-refractivity contribution >= 4 is 17.2 Å². The lowest BCUT2D eigenvalue weighted by atomic mass is 10.0. The highest BCUT2D eigenvalue weighted by Gasteiger charge is 2.22. The van der Waals surface area contributed by atoms with Crippen molar-refractivity contribution in [3.8, 4) is 0 Å². The van der Waals surface area contributed by atoms with Gasteiger partial charge in [0, 0.05) is 17.0 Å². The molecule has 4 nitrogen and oxygen atoms in total. The summed E-state index contributed by atoms with van der Waals surface area (Å²) in [6, 6.07) is 16.7. The van der Waals surface area contributed by atoms with Crippen LogP contribution in [0.3, 0.4) is 0 Å². The van der Waals surface area contributed by atoms with Crippen LogP contribution in [0.25, 0.3) is 0 Å². The second-order valence-electron chi connectivity index (χ2n) is 5.43. The highest BCUT2D eigenvalue weighted by atomic mass is 32.1. The SMILES string of the molecule is CCc1ccc([C@H](NC(=O)c2cccc[n+]2[O-])c2cccs2)cc1. The van der Waals surface area contributed by atoms with Crippen molar-refractivity contribution in [2.24, 2.45) is 0 Å². The van der Waals surface area contributed by atoms with E-state index >= 15 is 0 Å². The summed E-state index contributed by atoms with van der Waals surface area (Å²) in [5, 5.41) is 16.8. The molecule has 2 heterocycles. The number of thiophene rings is 1. The van der Waals surface area contributed by atoms with E-state index < -0.39 is 0 Å². The van der Waals surface area contributed by atoms with Gasteiger partial charge in [0.1, 0.15) is 0 Å². The summed E-state index contributed by atoms with van der Waals surface area (Å²) in [5.74, 6) is -0.386. The zero-order valence-electron chi connectivity index (χ0n) is 13.3. The molecule has 0 unspecified atom stereocenters. The van der Waals surface area contributed by atoms with E-state index in [2.05, 4.69) is 24.4 Å². The van der Waals surface area contributed by atoms with Crippen molar-refractivity contribution in [3.63, 3.8) is 0 Å². The Labute approximate surface area is 145 Å². The molecule has 0 bridgehead atoms. The molecule has 2 aromatic heterocycles. The van der Waals surface area contributed by atoms with Crippen LogP contribution in [0.4, 0.5) is 0 Å². The van der Waals surface area contributed by atoms with E-state index in [9.17, 15) is 10.0 Å². The van der Waals surface area contributed by atoms with Gasteiger partial charge in [-0.1, -0.05) is 37.3 Å². The van der Waals surface area contributed by atoms with Gasteiger partial charge in [0.15, 0.2) is 6.20 Å². The predicted octanol–water partition coefficient (Wildman–Crippen LogP) is 3.46. The molecule has 0 aliphatic carbocycles. The Morgan fingerprint density at radius 2 is 1.96 bits per heavy atom. The van der Waals surface area contributed by atoms with Gasteiger partial charge in [-0.2, -0.15) is 4.73 Å². The molecule has 1 aromatic carbocycles. The molecule has 1 amide bonds. The molecule has 1 atom stereocenters. The smallest absolute Gasteiger partial charge is 0.318 e. The van der Waals surface area contributed by atoms with Crippen molar-refractivity contribution in [1.82, 2.24) is 5.32 Å². The standard InChI is InChI=1S/C19H18N2O2S/c1-2-14-8-10-15(11-9-14)18(17-7-5-13-24-17)20-19(22)16-6-3-4-12-21(16)23/h3-13,18H,2H2,1H3,(H,20,22)/t18-/m0/s1. The van der Waals surface area contributed by atoms with Crippen LogP contribution in [0.2, 0.25) is 0 Å². The number of benzene rings is 1. The first-order chi connectivity index (χ1) is 11.7. The average molecular weight is 338 g/mol. The largest absolute Gasteiger partial charge is 0.618 e. The second-order valence-corrected chi connectivity index (χ2v) is 6.41. The molecule has 0 radical (unpaired) electrons. The van der Waals surface area contributed by atoms with Crippen LogP contribution in [0.15, 0.2) is 66.2 Å². The van der Waals surface area contributed by atoms with Gasteiger partial charge in [-0.05, 0) is 35.1 Å². The van der Waals surface area contributed by atoms with Crippen LogP contribution in [0.5, 0.6) is 0 Å². The fourth-order valence-electron chi connectivity index (χ4n) is 2.53. The number of amides is 1. The molecular formula is C19H18N2O2S. The van der Waals surface area contributed by atoms with Gasteiger partial charge in [0.25, 0.3) is 5.69 Å². The maximum absolute atomic E-state index is 12.5. The number of nitrogens with zero attached hydrogens (tertiary/aromatic N) is 1. The number of rotatable bonds is 5. The Hall–Kier alpha value is -2.66. The van der Waals surface area contributed by atoms with Crippen molar-refractivity contribution in [1.29, 1.82) is 0 Å². The molecule has 0 aliphatic heterocycles. The van der Waals surface area contributed by atoms with E-state index in [0.29, 0.717) is 4.73 Å². The Bertz CT molecular complexity index is 814. The predicted molar refractivity (Wildman–Crippen MR) is 94.9 cm³/mol. The molecule has 0 aliphatic rings. The van der Waals surface area contributed by atoms with Gasteiger partial charge in [-0.15, -0.1) is 11.3 Å². The lowest BCUT2D eigenvalue weighted by Crippen LogP contribution is -2.40. The maximum Gasteiger partial charge on any atom is 0.318 e. The maximum atomic E-state index is 12.5.